The number of imidazole rings is 1. The second-order valence-corrected chi connectivity index (χ2v) is 6.64. The Morgan fingerprint density at radius 2 is 2.13 bits per heavy atom. The van der Waals surface area contributed by atoms with Crippen molar-refractivity contribution in [1.29, 1.82) is 0 Å². The molecule has 0 saturated heterocycles. The molecule has 1 N–H and O–H groups in total. The van der Waals surface area contributed by atoms with Crippen LogP contribution in [-0.2, 0) is 7.05 Å². The summed E-state index contributed by atoms with van der Waals surface area (Å²) in [7, 11) is 1.80. The van der Waals surface area contributed by atoms with Crippen LogP contribution in [0.15, 0.2) is 48.8 Å². The lowest BCUT2D eigenvalue weighted by Gasteiger charge is -2.19. The summed E-state index contributed by atoms with van der Waals surface area (Å²) in [5.41, 5.74) is 0.359. The number of nitrogens with zero attached hydrogens (tertiary/aromatic N) is 2. The Morgan fingerprint density at radius 3 is 2.74 bits per heavy atom. The Bertz CT molecular complexity index is 845. The van der Waals surface area contributed by atoms with Gasteiger partial charge in [0.25, 0.3) is 5.91 Å². The number of aryl methyl sites for hydroxylation is 1. The Hall–Kier alpha value is -2.18. The van der Waals surface area contributed by atoms with Crippen molar-refractivity contribution in [2.45, 2.75) is 6.04 Å². The smallest absolute Gasteiger partial charge is 0.262 e. The second kappa shape index (κ2) is 6.52. The van der Waals surface area contributed by atoms with Gasteiger partial charge in [-0.1, -0.05) is 29.8 Å². The number of aromatic nitrogens is 2. The van der Waals surface area contributed by atoms with Gasteiger partial charge in [-0.15, -0.1) is 11.3 Å². The average Bonchev–Trinajstić information content (AvgIpc) is 3.14. The van der Waals surface area contributed by atoms with Crippen molar-refractivity contribution in [2.75, 3.05) is 0 Å². The molecule has 0 saturated carbocycles. The first-order chi connectivity index (χ1) is 11.1. The molecule has 0 aliphatic heterocycles. The number of hydrogen-bond donors (Lipinski definition) is 1. The highest BCUT2D eigenvalue weighted by Crippen LogP contribution is 2.26. The summed E-state index contributed by atoms with van der Waals surface area (Å²) < 4.78 is 16.5. The monoisotopic (exact) mass is 349 g/mol. The molecule has 23 heavy (non-hydrogen) atoms. The molecule has 1 atom stereocenters. The van der Waals surface area contributed by atoms with Crippen LogP contribution in [0.25, 0.3) is 0 Å². The molecule has 2 aromatic heterocycles. The molecule has 118 valence electrons. The molecule has 3 rings (SSSR count). The first-order valence-electron chi connectivity index (χ1n) is 6.84. The number of amides is 1. The van der Waals surface area contributed by atoms with Gasteiger partial charge >= 0.3 is 0 Å². The zero-order chi connectivity index (χ0) is 16.4. The molecule has 0 unspecified atom stereocenters. The van der Waals surface area contributed by atoms with Crippen molar-refractivity contribution in [3.63, 3.8) is 0 Å². The first kappa shape index (κ1) is 15.7. The third-order valence-electron chi connectivity index (χ3n) is 3.41. The topological polar surface area (TPSA) is 46.9 Å². The van der Waals surface area contributed by atoms with E-state index >= 15 is 0 Å². The molecule has 0 fully saturated rings. The maximum atomic E-state index is 14.2. The van der Waals surface area contributed by atoms with Crippen LogP contribution in [0.5, 0.6) is 0 Å². The average molecular weight is 350 g/mol. The van der Waals surface area contributed by atoms with E-state index < -0.39 is 11.9 Å². The van der Waals surface area contributed by atoms with Crippen molar-refractivity contribution in [3.05, 3.63) is 75.2 Å². The predicted octanol–water partition coefficient (Wildman–Crippen LogP) is 3.79. The number of carbonyl (C=O) groups is 1. The van der Waals surface area contributed by atoms with Gasteiger partial charge in [-0.25, -0.2) is 9.37 Å². The van der Waals surface area contributed by atoms with E-state index in [4.69, 9.17) is 11.6 Å². The number of rotatable bonds is 4. The molecular formula is C16H13ClFN3OS. The molecule has 0 aliphatic carbocycles. The molecule has 3 aromatic rings. The number of benzene rings is 1. The molecular weight excluding hydrogens is 337 g/mol. The summed E-state index contributed by atoms with van der Waals surface area (Å²) in [5, 5.41) is 2.84. The fraction of sp³-hybridized carbons (Fsp3) is 0.125. The maximum Gasteiger partial charge on any atom is 0.262 e. The van der Waals surface area contributed by atoms with E-state index in [0.29, 0.717) is 20.6 Å². The molecule has 1 amide bonds. The van der Waals surface area contributed by atoms with E-state index in [9.17, 15) is 9.18 Å². The minimum atomic E-state index is -0.690. The molecule has 0 aliphatic rings. The summed E-state index contributed by atoms with van der Waals surface area (Å²) in [5.74, 6) is -0.172. The van der Waals surface area contributed by atoms with Gasteiger partial charge in [-0.3, -0.25) is 4.79 Å². The SMILES string of the molecule is Cn1ccnc1[C@@H](NC(=O)c1ccc(Cl)s1)c1ccccc1F. The van der Waals surface area contributed by atoms with E-state index in [1.165, 1.54) is 17.4 Å². The lowest BCUT2D eigenvalue weighted by atomic mass is 10.1. The fourth-order valence-corrected chi connectivity index (χ4v) is 3.23. The second-order valence-electron chi connectivity index (χ2n) is 4.93. The quantitative estimate of drug-likeness (QED) is 0.779. The van der Waals surface area contributed by atoms with Crippen molar-refractivity contribution < 1.29 is 9.18 Å². The van der Waals surface area contributed by atoms with Gasteiger partial charge in [-0.05, 0) is 18.2 Å². The van der Waals surface area contributed by atoms with Crippen LogP contribution < -0.4 is 5.32 Å². The van der Waals surface area contributed by atoms with Crippen LogP contribution in [-0.4, -0.2) is 15.5 Å². The van der Waals surface area contributed by atoms with E-state index in [1.807, 2.05) is 0 Å². The van der Waals surface area contributed by atoms with Crippen molar-refractivity contribution in [2.24, 2.45) is 7.05 Å². The molecule has 0 spiro atoms. The highest BCUT2D eigenvalue weighted by Gasteiger charge is 2.24. The lowest BCUT2D eigenvalue weighted by Crippen LogP contribution is -2.31. The number of carbonyl (C=O) groups excluding carboxylic acids is 1. The Morgan fingerprint density at radius 1 is 1.35 bits per heavy atom. The summed E-state index contributed by atoms with van der Waals surface area (Å²) in [6.07, 6.45) is 3.36. The fourth-order valence-electron chi connectivity index (χ4n) is 2.28. The summed E-state index contributed by atoms with van der Waals surface area (Å²) >= 11 is 7.04. The van der Waals surface area contributed by atoms with Gasteiger partial charge < -0.3 is 9.88 Å². The van der Waals surface area contributed by atoms with Crippen LogP contribution in [0.3, 0.4) is 0 Å². The van der Waals surface area contributed by atoms with E-state index in [2.05, 4.69) is 10.3 Å². The van der Waals surface area contributed by atoms with E-state index in [0.717, 1.165) is 0 Å². The standard InChI is InChI=1S/C16H13ClFN3OS/c1-21-9-8-19-15(21)14(10-4-2-3-5-11(10)18)20-16(22)12-6-7-13(17)23-12/h2-9,14H,1H3,(H,20,22)/t14-/m0/s1. The van der Waals surface area contributed by atoms with Gasteiger partial charge in [0.15, 0.2) is 0 Å². The number of halogens is 2. The zero-order valence-corrected chi connectivity index (χ0v) is 13.7. The molecule has 7 heteroatoms. The summed E-state index contributed by atoms with van der Waals surface area (Å²) in [6.45, 7) is 0. The molecule has 2 heterocycles. The Balaban J connectivity index is 1.98. The van der Waals surface area contributed by atoms with Crippen LogP contribution in [0.1, 0.15) is 27.1 Å². The van der Waals surface area contributed by atoms with Crippen molar-refractivity contribution >= 4 is 28.8 Å². The predicted molar refractivity (Wildman–Crippen MR) is 88.2 cm³/mol. The van der Waals surface area contributed by atoms with Gasteiger partial charge in [-0.2, -0.15) is 0 Å². The lowest BCUT2D eigenvalue weighted by molar-refractivity contribution is 0.0945. The third kappa shape index (κ3) is 3.28. The molecule has 0 bridgehead atoms. The maximum absolute atomic E-state index is 14.2. The summed E-state index contributed by atoms with van der Waals surface area (Å²) in [4.78, 5) is 17.1. The third-order valence-corrected chi connectivity index (χ3v) is 4.64. The minimum absolute atomic E-state index is 0.321. The highest BCUT2D eigenvalue weighted by atomic mass is 35.5. The number of thiophene rings is 1. The Labute approximate surface area is 141 Å². The van der Waals surface area contributed by atoms with Crippen LogP contribution in [0.2, 0.25) is 4.34 Å². The van der Waals surface area contributed by atoms with Gasteiger partial charge in [0.1, 0.15) is 17.7 Å². The van der Waals surface area contributed by atoms with Crippen molar-refractivity contribution in [3.8, 4) is 0 Å². The van der Waals surface area contributed by atoms with Crippen LogP contribution in [0.4, 0.5) is 4.39 Å². The van der Waals surface area contributed by atoms with Crippen LogP contribution in [0, 0.1) is 5.82 Å². The summed E-state index contributed by atoms with van der Waals surface area (Å²) in [6, 6.07) is 8.93. The van der Waals surface area contributed by atoms with Gasteiger partial charge in [0, 0.05) is 25.0 Å². The Kier molecular flexibility index (Phi) is 4.45. The van der Waals surface area contributed by atoms with Crippen molar-refractivity contribution in [1.82, 2.24) is 14.9 Å². The van der Waals surface area contributed by atoms with Gasteiger partial charge in [0.05, 0.1) is 9.21 Å². The normalized spacial score (nSPS) is 12.1. The van der Waals surface area contributed by atoms with Crippen LogP contribution >= 0.6 is 22.9 Å². The largest absolute Gasteiger partial charge is 0.337 e. The first-order valence-corrected chi connectivity index (χ1v) is 8.03. The van der Waals surface area contributed by atoms with Gasteiger partial charge in [0.2, 0.25) is 0 Å². The van der Waals surface area contributed by atoms with E-state index in [1.54, 1.807) is 54.3 Å². The molecule has 1 aromatic carbocycles. The highest BCUT2D eigenvalue weighted by molar-refractivity contribution is 7.18. The van der Waals surface area contributed by atoms with E-state index in [-0.39, 0.29) is 5.91 Å². The zero-order valence-electron chi connectivity index (χ0n) is 12.2. The number of nitrogens with one attached hydrogen (secondary N) is 1. The molecule has 0 radical (unpaired) electrons. The molecule has 4 nitrogen and oxygen atoms in total. The number of hydrogen-bond acceptors (Lipinski definition) is 3. The minimum Gasteiger partial charge on any atom is -0.337 e.